The number of sulfonamides is 1. The van der Waals surface area contributed by atoms with Crippen LogP contribution in [0.3, 0.4) is 0 Å². The summed E-state index contributed by atoms with van der Waals surface area (Å²) in [4.78, 5) is 12.7. The molecule has 3 rings (SSSR count). The summed E-state index contributed by atoms with van der Waals surface area (Å²) in [7, 11) is 0.310. The van der Waals surface area contributed by atoms with Gasteiger partial charge in [-0.25, -0.2) is 13.8 Å². The van der Waals surface area contributed by atoms with Crippen molar-refractivity contribution in [1.82, 2.24) is 5.43 Å². The Hall–Kier alpha value is -3.47. The summed E-state index contributed by atoms with van der Waals surface area (Å²) in [6.07, 6.45) is 1.36. The molecule has 190 valence electrons. The van der Waals surface area contributed by atoms with E-state index >= 15 is 0 Å². The van der Waals surface area contributed by atoms with E-state index in [-0.39, 0.29) is 10.6 Å². The number of hydrazone groups is 1. The second-order valence-electron chi connectivity index (χ2n) is 7.20. The monoisotopic (exact) mass is 551 g/mol. The Bertz CT molecular complexity index is 1340. The van der Waals surface area contributed by atoms with Gasteiger partial charge in [-0.05, 0) is 54.6 Å². The molecule has 0 bridgehead atoms. The molecule has 36 heavy (non-hydrogen) atoms. The Labute approximate surface area is 219 Å². The van der Waals surface area contributed by atoms with Gasteiger partial charge in [-0.2, -0.15) is 5.10 Å². The summed E-state index contributed by atoms with van der Waals surface area (Å²) in [5.41, 5.74) is 3.10. The maximum absolute atomic E-state index is 13.4. The summed E-state index contributed by atoms with van der Waals surface area (Å²) in [6, 6.07) is 15.1. The topological polar surface area (TPSA) is 107 Å². The second-order valence-corrected chi connectivity index (χ2v) is 9.93. The molecule has 0 heterocycles. The van der Waals surface area contributed by atoms with Crippen LogP contribution in [0, 0.1) is 0 Å². The molecule has 3 aromatic rings. The van der Waals surface area contributed by atoms with Crippen LogP contribution >= 0.6 is 23.2 Å². The van der Waals surface area contributed by atoms with E-state index < -0.39 is 22.5 Å². The van der Waals surface area contributed by atoms with E-state index in [0.717, 1.165) is 4.31 Å². The number of benzene rings is 3. The molecule has 3 aromatic carbocycles. The van der Waals surface area contributed by atoms with Crippen molar-refractivity contribution in [2.45, 2.75) is 4.90 Å². The molecule has 0 aliphatic rings. The molecule has 1 N–H and O–H groups in total. The quantitative estimate of drug-likeness (QED) is 0.296. The predicted molar refractivity (Wildman–Crippen MR) is 139 cm³/mol. The van der Waals surface area contributed by atoms with E-state index in [2.05, 4.69) is 10.5 Å². The molecule has 0 aliphatic heterocycles. The van der Waals surface area contributed by atoms with Crippen LogP contribution in [0.5, 0.6) is 17.2 Å². The van der Waals surface area contributed by atoms with Gasteiger partial charge in [0.15, 0.2) is 11.5 Å². The van der Waals surface area contributed by atoms with E-state index in [1.54, 1.807) is 24.3 Å². The zero-order valence-corrected chi connectivity index (χ0v) is 21.9. The highest BCUT2D eigenvalue weighted by Crippen LogP contribution is 2.37. The molecule has 0 aliphatic carbocycles. The number of methoxy groups -OCH3 is 3. The average Bonchev–Trinajstić information content (AvgIpc) is 2.86. The van der Waals surface area contributed by atoms with Crippen LogP contribution in [0.2, 0.25) is 10.0 Å². The average molecular weight is 552 g/mol. The number of hydrogen-bond donors (Lipinski definition) is 1. The lowest BCUT2D eigenvalue weighted by molar-refractivity contribution is -0.119. The summed E-state index contributed by atoms with van der Waals surface area (Å²) in [5.74, 6) is 0.540. The molecule has 0 spiro atoms. The summed E-state index contributed by atoms with van der Waals surface area (Å²) >= 11 is 12.0. The van der Waals surface area contributed by atoms with Crippen LogP contribution in [-0.4, -0.2) is 48.4 Å². The molecule has 0 saturated heterocycles. The highest BCUT2D eigenvalue weighted by molar-refractivity contribution is 7.92. The lowest BCUT2D eigenvalue weighted by atomic mass is 10.2. The Morgan fingerprint density at radius 3 is 2.14 bits per heavy atom. The normalized spacial score (nSPS) is 11.2. The largest absolute Gasteiger partial charge is 0.493 e. The first-order valence-electron chi connectivity index (χ1n) is 10.4. The molecule has 0 fully saturated rings. The first-order chi connectivity index (χ1) is 17.2. The van der Waals surface area contributed by atoms with Crippen LogP contribution in [0.1, 0.15) is 5.56 Å². The number of ether oxygens (including phenoxy) is 3. The standard InChI is InChI=1S/C24H23Cl2N3O6S/c1-33-21-11-16(12-22(34-2)24(21)35-3)14-27-28-23(30)15-29(19-6-4-5-18(26)13-19)36(31,32)20-9-7-17(25)8-10-20/h4-14H,15H2,1-3H3,(H,28,30)/b27-14-. The maximum Gasteiger partial charge on any atom is 0.264 e. The maximum atomic E-state index is 13.4. The minimum Gasteiger partial charge on any atom is -0.493 e. The van der Waals surface area contributed by atoms with E-state index in [1.165, 1.54) is 63.9 Å². The van der Waals surface area contributed by atoms with Crippen LogP contribution in [0.15, 0.2) is 70.7 Å². The van der Waals surface area contributed by atoms with Gasteiger partial charge in [-0.15, -0.1) is 0 Å². The summed E-state index contributed by atoms with van der Waals surface area (Å²) < 4.78 is 43.6. The van der Waals surface area contributed by atoms with E-state index in [0.29, 0.717) is 32.9 Å². The van der Waals surface area contributed by atoms with Crippen molar-refractivity contribution in [3.63, 3.8) is 0 Å². The lowest BCUT2D eigenvalue weighted by Crippen LogP contribution is -2.39. The van der Waals surface area contributed by atoms with Gasteiger partial charge in [0.05, 0.1) is 38.1 Å². The van der Waals surface area contributed by atoms with E-state index in [1.807, 2.05) is 0 Å². The van der Waals surface area contributed by atoms with Gasteiger partial charge in [-0.1, -0.05) is 29.3 Å². The number of nitrogens with one attached hydrogen (secondary N) is 1. The summed E-state index contributed by atoms with van der Waals surface area (Å²) in [6.45, 7) is -0.558. The van der Waals surface area contributed by atoms with Crippen molar-refractivity contribution >= 4 is 51.0 Å². The smallest absolute Gasteiger partial charge is 0.264 e. The minimum atomic E-state index is -4.13. The van der Waals surface area contributed by atoms with Gasteiger partial charge < -0.3 is 14.2 Å². The number of hydrogen-bond acceptors (Lipinski definition) is 7. The number of rotatable bonds is 10. The fourth-order valence-electron chi connectivity index (χ4n) is 3.20. The summed E-state index contributed by atoms with van der Waals surface area (Å²) in [5, 5.41) is 4.62. The molecule has 0 atom stereocenters. The van der Waals surface area contributed by atoms with Gasteiger partial charge in [0.1, 0.15) is 6.54 Å². The molecule has 0 radical (unpaired) electrons. The number of halogens is 2. The number of amides is 1. The molecule has 1 amide bonds. The van der Waals surface area contributed by atoms with Crippen molar-refractivity contribution < 1.29 is 27.4 Å². The van der Waals surface area contributed by atoms with Gasteiger partial charge in [0, 0.05) is 15.6 Å². The number of nitrogens with zero attached hydrogens (tertiary/aromatic N) is 2. The van der Waals surface area contributed by atoms with Crippen LogP contribution in [0.25, 0.3) is 0 Å². The molecular weight excluding hydrogens is 529 g/mol. The number of carbonyl (C=O) groups is 1. The van der Waals surface area contributed by atoms with Crippen molar-refractivity contribution in [2.24, 2.45) is 5.10 Å². The Kier molecular flexibility index (Phi) is 9.03. The van der Waals surface area contributed by atoms with Crippen molar-refractivity contribution in [2.75, 3.05) is 32.2 Å². The molecular formula is C24H23Cl2N3O6S. The zero-order chi connectivity index (χ0) is 26.3. The highest BCUT2D eigenvalue weighted by Gasteiger charge is 2.27. The van der Waals surface area contributed by atoms with Crippen LogP contribution in [0.4, 0.5) is 5.69 Å². The molecule has 12 heteroatoms. The molecule has 9 nitrogen and oxygen atoms in total. The van der Waals surface area contributed by atoms with E-state index in [4.69, 9.17) is 37.4 Å². The molecule has 0 saturated carbocycles. The first-order valence-corrected chi connectivity index (χ1v) is 12.5. The van der Waals surface area contributed by atoms with Crippen LogP contribution < -0.4 is 23.9 Å². The van der Waals surface area contributed by atoms with Gasteiger partial charge >= 0.3 is 0 Å². The lowest BCUT2D eigenvalue weighted by Gasteiger charge is -2.23. The Morgan fingerprint density at radius 1 is 0.944 bits per heavy atom. The fourth-order valence-corrected chi connectivity index (χ4v) is 4.92. The Morgan fingerprint density at radius 2 is 1.58 bits per heavy atom. The molecule has 0 aromatic heterocycles. The zero-order valence-electron chi connectivity index (χ0n) is 19.6. The van der Waals surface area contributed by atoms with Gasteiger partial charge in [-0.3, -0.25) is 9.10 Å². The third kappa shape index (κ3) is 6.39. The first kappa shape index (κ1) is 27.1. The van der Waals surface area contributed by atoms with E-state index in [9.17, 15) is 13.2 Å². The third-order valence-corrected chi connectivity index (χ3v) is 7.15. The van der Waals surface area contributed by atoms with Crippen molar-refractivity contribution in [3.05, 3.63) is 76.3 Å². The number of anilines is 1. The van der Waals surface area contributed by atoms with Crippen molar-refractivity contribution in [3.8, 4) is 17.2 Å². The van der Waals surface area contributed by atoms with Gasteiger partial charge in [0.2, 0.25) is 5.75 Å². The predicted octanol–water partition coefficient (Wildman–Crippen LogP) is 4.36. The SMILES string of the molecule is COc1cc(/C=N\NC(=O)CN(c2cccc(Cl)c2)S(=O)(=O)c2ccc(Cl)cc2)cc(OC)c1OC. The Balaban J connectivity index is 1.84. The fraction of sp³-hybridized carbons (Fsp3) is 0.167. The molecule has 0 unspecified atom stereocenters. The van der Waals surface area contributed by atoms with Crippen LogP contribution in [-0.2, 0) is 14.8 Å². The third-order valence-electron chi connectivity index (χ3n) is 4.87. The van der Waals surface area contributed by atoms with Gasteiger partial charge in [0.25, 0.3) is 15.9 Å². The number of carbonyl (C=O) groups excluding carboxylic acids is 1. The second kappa shape index (κ2) is 12.0. The minimum absolute atomic E-state index is 0.0411. The highest BCUT2D eigenvalue weighted by atomic mass is 35.5. The van der Waals surface area contributed by atoms with Crippen molar-refractivity contribution in [1.29, 1.82) is 0 Å².